The molecule has 1 aromatic carbocycles. The lowest BCUT2D eigenvalue weighted by Gasteiger charge is -2.03. The molecule has 0 aliphatic heterocycles. The lowest BCUT2D eigenvalue weighted by atomic mass is 10.1. The predicted octanol–water partition coefficient (Wildman–Crippen LogP) is 3.19. The zero-order valence-corrected chi connectivity index (χ0v) is 11.6. The molecule has 0 spiro atoms. The van der Waals surface area contributed by atoms with Gasteiger partial charge in [-0.3, -0.25) is 4.79 Å². The van der Waals surface area contributed by atoms with Crippen LogP contribution < -0.4 is 0 Å². The van der Waals surface area contributed by atoms with Gasteiger partial charge in [-0.2, -0.15) is 0 Å². The van der Waals surface area contributed by atoms with Crippen LogP contribution in [0.15, 0.2) is 47.5 Å². The summed E-state index contributed by atoms with van der Waals surface area (Å²) in [6, 6.07) is 7.75. The summed E-state index contributed by atoms with van der Waals surface area (Å²) in [7, 11) is 0. The van der Waals surface area contributed by atoms with Crippen molar-refractivity contribution in [2.45, 2.75) is 6.42 Å². The largest absolute Gasteiger partial charge is 0.502 e. The van der Waals surface area contributed by atoms with E-state index in [9.17, 15) is 14.0 Å². The molecule has 0 saturated heterocycles. The van der Waals surface area contributed by atoms with Gasteiger partial charge in [-0.15, -0.1) is 11.3 Å². The molecule has 6 heteroatoms. The number of thiophene rings is 1. The number of hydrogen-bond donors (Lipinski definition) is 2. The Labute approximate surface area is 123 Å². The number of carboxylic acids is 1. The molecule has 0 saturated carbocycles. The van der Waals surface area contributed by atoms with Gasteiger partial charge >= 0.3 is 5.97 Å². The lowest BCUT2D eigenvalue weighted by Crippen LogP contribution is -2.05. The summed E-state index contributed by atoms with van der Waals surface area (Å²) in [5.74, 6) is -3.59. The number of allylic oxidation sites excluding steroid dienone is 1. The second-order valence-electron chi connectivity index (χ2n) is 4.22. The molecule has 0 amide bonds. The highest BCUT2D eigenvalue weighted by Gasteiger charge is 2.15. The molecule has 21 heavy (non-hydrogen) atoms. The van der Waals surface area contributed by atoms with E-state index in [-0.39, 0.29) is 17.8 Å². The second kappa shape index (κ2) is 6.32. The van der Waals surface area contributed by atoms with Crippen molar-refractivity contribution in [3.8, 4) is 0 Å². The first kappa shape index (κ1) is 14.9. The van der Waals surface area contributed by atoms with E-state index in [1.165, 1.54) is 23.5 Å². The quantitative estimate of drug-likeness (QED) is 0.505. The Morgan fingerprint density at radius 1 is 1.19 bits per heavy atom. The van der Waals surface area contributed by atoms with Gasteiger partial charge in [-0.1, -0.05) is 18.2 Å². The topological polar surface area (TPSA) is 74.6 Å². The van der Waals surface area contributed by atoms with Crippen LogP contribution in [0.4, 0.5) is 4.39 Å². The van der Waals surface area contributed by atoms with Gasteiger partial charge in [-0.25, -0.2) is 9.18 Å². The molecule has 2 N–H and O–H groups in total. The highest BCUT2D eigenvalue weighted by atomic mass is 32.1. The van der Waals surface area contributed by atoms with Crippen LogP contribution in [0.3, 0.4) is 0 Å². The first-order chi connectivity index (χ1) is 9.99. The fourth-order valence-electron chi connectivity index (χ4n) is 1.78. The normalized spacial score (nSPS) is 11.4. The molecule has 1 aromatic heterocycles. The first-order valence-corrected chi connectivity index (χ1v) is 6.85. The van der Waals surface area contributed by atoms with E-state index >= 15 is 0 Å². The molecule has 0 bridgehead atoms. The van der Waals surface area contributed by atoms with Crippen molar-refractivity contribution in [1.82, 2.24) is 0 Å². The Morgan fingerprint density at radius 3 is 2.57 bits per heavy atom. The molecule has 0 aliphatic rings. The zero-order valence-electron chi connectivity index (χ0n) is 10.7. The first-order valence-electron chi connectivity index (χ1n) is 5.97. The van der Waals surface area contributed by atoms with E-state index in [2.05, 4.69) is 0 Å². The number of halogens is 1. The maximum Gasteiger partial charge on any atom is 0.371 e. The molecule has 0 atom stereocenters. The Bertz CT molecular complexity index is 718. The number of carboxylic acid groups (broad SMARTS) is 1. The highest BCUT2D eigenvalue weighted by Crippen LogP contribution is 2.23. The second-order valence-corrected chi connectivity index (χ2v) is 5.23. The van der Waals surface area contributed by atoms with Crippen LogP contribution in [0, 0.1) is 5.82 Å². The third-order valence-corrected chi connectivity index (χ3v) is 3.73. The lowest BCUT2D eigenvalue weighted by molar-refractivity contribution is -0.135. The van der Waals surface area contributed by atoms with Gasteiger partial charge in [0.1, 0.15) is 5.82 Å². The van der Waals surface area contributed by atoms with E-state index in [1.807, 2.05) is 0 Å². The number of benzene rings is 1. The molecule has 1 heterocycles. The Morgan fingerprint density at radius 2 is 1.90 bits per heavy atom. The van der Waals surface area contributed by atoms with Crippen molar-refractivity contribution in [3.63, 3.8) is 0 Å². The third-order valence-electron chi connectivity index (χ3n) is 2.81. The van der Waals surface area contributed by atoms with E-state index in [4.69, 9.17) is 10.2 Å². The van der Waals surface area contributed by atoms with Crippen LogP contribution in [-0.2, 0) is 11.2 Å². The number of aliphatic hydroxyl groups is 1. The van der Waals surface area contributed by atoms with Gasteiger partial charge < -0.3 is 10.2 Å². The summed E-state index contributed by atoms with van der Waals surface area (Å²) < 4.78 is 13.6. The van der Waals surface area contributed by atoms with E-state index < -0.39 is 17.5 Å². The molecular weight excluding hydrogens is 295 g/mol. The monoisotopic (exact) mass is 306 g/mol. The third kappa shape index (κ3) is 3.55. The number of hydrogen-bond acceptors (Lipinski definition) is 4. The Balaban J connectivity index is 2.27. The smallest absolute Gasteiger partial charge is 0.371 e. The average Bonchev–Trinajstić information content (AvgIpc) is 2.89. The van der Waals surface area contributed by atoms with Crippen molar-refractivity contribution in [2.75, 3.05) is 0 Å². The Hall–Kier alpha value is -2.47. The number of aliphatic hydroxyl groups excluding tert-OH is 1. The summed E-state index contributed by atoms with van der Waals surface area (Å²) in [6.07, 6.45) is 0.877. The zero-order chi connectivity index (χ0) is 15.4. The van der Waals surface area contributed by atoms with Gasteiger partial charge in [0.25, 0.3) is 0 Å². The van der Waals surface area contributed by atoms with Gasteiger partial charge in [-0.05, 0) is 23.1 Å². The van der Waals surface area contributed by atoms with Gasteiger partial charge in [0, 0.05) is 22.9 Å². The summed E-state index contributed by atoms with van der Waals surface area (Å²) in [5.41, 5.74) is 0.705. The van der Waals surface area contributed by atoms with Crippen molar-refractivity contribution in [2.24, 2.45) is 0 Å². The number of aliphatic carboxylic acids is 1. The van der Waals surface area contributed by atoms with Gasteiger partial charge in [0.2, 0.25) is 5.76 Å². The maximum absolute atomic E-state index is 13.6. The summed E-state index contributed by atoms with van der Waals surface area (Å²) in [6.45, 7) is 0. The molecule has 0 unspecified atom stereocenters. The summed E-state index contributed by atoms with van der Waals surface area (Å²) >= 11 is 1.27. The number of ketones is 1. The van der Waals surface area contributed by atoms with Crippen LogP contribution in [0.5, 0.6) is 0 Å². The minimum Gasteiger partial charge on any atom is -0.502 e. The molecule has 2 rings (SSSR count). The summed E-state index contributed by atoms with van der Waals surface area (Å²) in [4.78, 5) is 23.0. The summed E-state index contributed by atoms with van der Waals surface area (Å²) in [5, 5.41) is 19.3. The number of rotatable bonds is 5. The molecule has 0 radical (unpaired) electrons. The van der Waals surface area contributed by atoms with E-state index in [0.717, 1.165) is 0 Å². The maximum atomic E-state index is 13.6. The van der Waals surface area contributed by atoms with Crippen molar-refractivity contribution < 1.29 is 24.2 Å². The van der Waals surface area contributed by atoms with Crippen LogP contribution in [0.1, 0.15) is 20.8 Å². The molecule has 0 aliphatic carbocycles. The van der Waals surface area contributed by atoms with Crippen molar-refractivity contribution >= 4 is 23.1 Å². The van der Waals surface area contributed by atoms with Gasteiger partial charge in [0.05, 0.1) is 0 Å². The minimum atomic E-state index is -1.57. The van der Waals surface area contributed by atoms with Crippen LogP contribution >= 0.6 is 11.3 Å². The van der Waals surface area contributed by atoms with Crippen LogP contribution in [0.25, 0.3) is 0 Å². The SMILES string of the molecule is O=C(O)C(O)=CC(=O)c1ccsc1Cc1ccccc1F. The molecule has 108 valence electrons. The van der Waals surface area contributed by atoms with E-state index in [1.54, 1.807) is 23.6 Å². The average molecular weight is 306 g/mol. The van der Waals surface area contributed by atoms with Crippen LogP contribution in [0.2, 0.25) is 0 Å². The van der Waals surface area contributed by atoms with Crippen molar-refractivity contribution in [3.05, 3.63) is 69.4 Å². The minimum absolute atomic E-state index is 0.229. The fraction of sp³-hybridized carbons (Fsp3) is 0.0667. The predicted molar refractivity (Wildman–Crippen MR) is 76.2 cm³/mol. The van der Waals surface area contributed by atoms with E-state index in [0.29, 0.717) is 16.5 Å². The fourth-order valence-corrected chi connectivity index (χ4v) is 2.68. The molecule has 4 nitrogen and oxygen atoms in total. The van der Waals surface area contributed by atoms with Crippen molar-refractivity contribution in [1.29, 1.82) is 0 Å². The molecular formula is C15H11FO4S. The number of carbonyl (C=O) groups excluding carboxylic acids is 1. The number of carbonyl (C=O) groups is 2. The van der Waals surface area contributed by atoms with Gasteiger partial charge in [0.15, 0.2) is 5.78 Å². The highest BCUT2D eigenvalue weighted by molar-refractivity contribution is 7.10. The van der Waals surface area contributed by atoms with Crippen LogP contribution in [-0.4, -0.2) is 22.0 Å². The standard InChI is InChI=1S/C15H11FO4S/c16-11-4-2-1-3-9(11)7-14-10(5-6-21-14)12(17)8-13(18)15(19)20/h1-6,8,18H,7H2,(H,19,20). The Kier molecular flexibility index (Phi) is 4.49. The molecule has 0 fully saturated rings. The molecule has 2 aromatic rings.